The first-order chi connectivity index (χ1) is 9.66. The highest BCUT2D eigenvalue weighted by Gasteiger charge is 2.27. The first kappa shape index (κ1) is 13.9. The van der Waals surface area contributed by atoms with Crippen molar-refractivity contribution in [3.8, 4) is 5.75 Å². The van der Waals surface area contributed by atoms with Crippen LogP contribution >= 0.6 is 31.9 Å². The van der Waals surface area contributed by atoms with E-state index in [-0.39, 0.29) is 6.04 Å². The molecule has 0 saturated carbocycles. The second-order valence-corrected chi connectivity index (χ2v) is 6.37. The number of benzene rings is 1. The first-order valence-electron chi connectivity index (χ1n) is 6.47. The third-order valence-electron chi connectivity index (χ3n) is 3.48. The Morgan fingerprint density at radius 1 is 1.25 bits per heavy atom. The Balaban J connectivity index is 2.02. The van der Waals surface area contributed by atoms with Crippen molar-refractivity contribution in [3.63, 3.8) is 0 Å². The Hall–Kier alpha value is -1.07. The van der Waals surface area contributed by atoms with Crippen molar-refractivity contribution in [1.29, 1.82) is 0 Å². The fourth-order valence-corrected chi connectivity index (χ4v) is 3.64. The van der Waals surface area contributed by atoms with Crippen molar-refractivity contribution in [2.45, 2.75) is 13.0 Å². The highest BCUT2D eigenvalue weighted by Crippen LogP contribution is 2.41. The highest BCUT2D eigenvalue weighted by atomic mass is 79.9. The summed E-state index contributed by atoms with van der Waals surface area (Å²) in [5, 5.41) is 0. The Morgan fingerprint density at radius 3 is 2.75 bits per heavy atom. The molecule has 1 aliphatic rings. The summed E-state index contributed by atoms with van der Waals surface area (Å²) >= 11 is 6.99. The van der Waals surface area contributed by atoms with Crippen LogP contribution in [0, 0.1) is 0 Å². The van der Waals surface area contributed by atoms with Crippen LogP contribution in [0.4, 0.5) is 5.82 Å². The van der Waals surface area contributed by atoms with Gasteiger partial charge >= 0.3 is 0 Å². The molecule has 2 aromatic rings. The van der Waals surface area contributed by atoms with Crippen molar-refractivity contribution in [1.82, 2.24) is 4.98 Å². The summed E-state index contributed by atoms with van der Waals surface area (Å²) in [6.07, 6.45) is 0. The van der Waals surface area contributed by atoms with Gasteiger partial charge < -0.3 is 9.64 Å². The van der Waals surface area contributed by atoms with Gasteiger partial charge in [0.25, 0.3) is 0 Å². The van der Waals surface area contributed by atoms with Crippen LogP contribution in [0.5, 0.6) is 5.75 Å². The zero-order valence-electron chi connectivity index (χ0n) is 11.0. The third-order valence-corrected chi connectivity index (χ3v) is 4.47. The van der Waals surface area contributed by atoms with E-state index in [4.69, 9.17) is 4.74 Å². The maximum Gasteiger partial charge on any atom is 0.176 e. The molecule has 1 aromatic heterocycles. The van der Waals surface area contributed by atoms with Gasteiger partial charge in [0.1, 0.15) is 11.2 Å². The van der Waals surface area contributed by atoms with Gasteiger partial charge in [0.05, 0.1) is 17.1 Å². The van der Waals surface area contributed by atoms with Crippen LogP contribution in [-0.2, 0) is 0 Å². The fourth-order valence-electron chi connectivity index (χ4n) is 2.43. The zero-order valence-corrected chi connectivity index (χ0v) is 14.2. The molecular weight excluding hydrogens is 384 g/mol. The lowest BCUT2D eigenvalue weighted by molar-refractivity contribution is 0.297. The van der Waals surface area contributed by atoms with E-state index in [0.717, 1.165) is 27.2 Å². The van der Waals surface area contributed by atoms with Gasteiger partial charge in [-0.25, -0.2) is 4.98 Å². The summed E-state index contributed by atoms with van der Waals surface area (Å²) in [6, 6.07) is 12.6. The highest BCUT2D eigenvalue weighted by molar-refractivity contribution is 9.11. The Morgan fingerprint density at radius 2 is 2.00 bits per heavy atom. The molecule has 0 bridgehead atoms. The number of aromatic nitrogens is 1. The molecule has 3 nitrogen and oxygen atoms in total. The zero-order chi connectivity index (χ0) is 14.1. The molecule has 3 rings (SSSR count). The maximum atomic E-state index is 5.75. The number of anilines is 1. The van der Waals surface area contributed by atoms with E-state index < -0.39 is 0 Å². The Bertz CT molecular complexity index is 619. The SMILES string of the molecule is C[C@@H](c1ccccc1)N1CCOc2c(Br)cc(Br)nc21. The van der Waals surface area contributed by atoms with Crippen molar-refractivity contribution in [3.05, 3.63) is 51.0 Å². The monoisotopic (exact) mass is 396 g/mol. The predicted molar refractivity (Wildman–Crippen MR) is 87.3 cm³/mol. The van der Waals surface area contributed by atoms with Crippen molar-refractivity contribution in [2.24, 2.45) is 0 Å². The van der Waals surface area contributed by atoms with Crippen LogP contribution in [0.1, 0.15) is 18.5 Å². The first-order valence-corrected chi connectivity index (χ1v) is 8.06. The fraction of sp³-hybridized carbons (Fsp3) is 0.267. The molecule has 0 unspecified atom stereocenters. The van der Waals surface area contributed by atoms with E-state index in [1.165, 1.54) is 5.56 Å². The summed E-state index contributed by atoms with van der Waals surface area (Å²) in [5.74, 6) is 1.70. The number of halogens is 2. The minimum absolute atomic E-state index is 0.257. The summed E-state index contributed by atoms with van der Waals surface area (Å²) in [4.78, 5) is 6.87. The number of ether oxygens (including phenoxy) is 1. The molecular formula is C15H14Br2N2O. The third kappa shape index (κ3) is 2.56. The van der Waals surface area contributed by atoms with Crippen LogP contribution in [-0.4, -0.2) is 18.1 Å². The van der Waals surface area contributed by atoms with Crippen LogP contribution in [0.2, 0.25) is 0 Å². The molecule has 2 heterocycles. The molecule has 0 saturated heterocycles. The molecule has 0 fully saturated rings. The summed E-state index contributed by atoms with van der Waals surface area (Å²) in [7, 11) is 0. The molecule has 0 aliphatic carbocycles. The second kappa shape index (κ2) is 5.74. The van der Waals surface area contributed by atoms with E-state index in [2.05, 4.69) is 72.9 Å². The summed E-state index contributed by atoms with van der Waals surface area (Å²) in [6.45, 7) is 3.70. The molecule has 0 spiro atoms. The van der Waals surface area contributed by atoms with E-state index in [1.807, 2.05) is 12.1 Å². The van der Waals surface area contributed by atoms with E-state index >= 15 is 0 Å². The van der Waals surface area contributed by atoms with Gasteiger partial charge in [-0.2, -0.15) is 0 Å². The largest absolute Gasteiger partial charge is 0.487 e. The molecule has 0 amide bonds. The molecule has 104 valence electrons. The van der Waals surface area contributed by atoms with E-state index in [0.29, 0.717) is 6.61 Å². The number of fused-ring (bicyclic) bond motifs is 1. The lowest BCUT2D eigenvalue weighted by Gasteiger charge is -2.35. The van der Waals surface area contributed by atoms with Gasteiger partial charge in [-0.3, -0.25) is 0 Å². The molecule has 1 aliphatic heterocycles. The average Bonchev–Trinajstić information content (AvgIpc) is 2.47. The smallest absolute Gasteiger partial charge is 0.176 e. The minimum atomic E-state index is 0.257. The van der Waals surface area contributed by atoms with Gasteiger partial charge in [0.2, 0.25) is 0 Å². The summed E-state index contributed by atoms with van der Waals surface area (Å²) < 4.78 is 7.49. The molecule has 0 radical (unpaired) electrons. The number of nitrogens with zero attached hydrogens (tertiary/aromatic N) is 2. The Labute approximate surface area is 135 Å². The normalized spacial score (nSPS) is 15.4. The molecule has 0 N–H and O–H groups in total. The molecule has 1 aromatic carbocycles. The maximum absolute atomic E-state index is 5.75. The van der Waals surface area contributed by atoms with Crippen molar-refractivity contribution >= 4 is 37.7 Å². The average molecular weight is 398 g/mol. The van der Waals surface area contributed by atoms with Gasteiger partial charge in [0.15, 0.2) is 11.6 Å². The van der Waals surface area contributed by atoms with Crippen LogP contribution in [0.15, 0.2) is 45.5 Å². The van der Waals surface area contributed by atoms with Crippen molar-refractivity contribution < 1.29 is 4.74 Å². The molecule has 5 heteroatoms. The van der Waals surface area contributed by atoms with E-state index in [1.54, 1.807) is 0 Å². The van der Waals surface area contributed by atoms with Gasteiger partial charge in [0, 0.05) is 0 Å². The second-order valence-electron chi connectivity index (χ2n) is 4.71. The summed E-state index contributed by atoms with van der Waals surface area (Å²) in [5.41, 5.74) is 1.28. The number of hydrogen-bond acceptors (Lipinski definition) is 3. The van der Waals surface area contributed by atoms with Gasteiger partial charge in [-0.05, 0) is 50.4 Å². The molecule has 1 atom stereocenters. The van der Waals surface area contributed by atoms with E-state index in [9.17, 15) is 0 Å². The Kier molecular flexibility index (Phi) is 3.98. The van der Waals surface area contributed by atoms with Crippen molar-refractivity contribution in [2.75, 3.05) is 18.1 Å². The van der Waals surface area contributed by atoms with Gasteiger partial charge in [-0.1, -0.05) is 30.3 Å². The number of pyridine rings is 1. The topological polar surface area (TPSA) is 25.4 Å². The van der Waals surface area contributed by atoms with Gasteiger partial charge in [-0.15, -0.1) is 0 Å². The lowest BCUT2D eigenvalue weighted by atomic mass is 10.1. The minimum Gasteiger partial charge on any atom is -0.487 e. The quantitative estimate of drug-likeness (QED) is 0.694. The predicted octanol–water partition coefficient (Wildman–Crippen LogP) is 4.57. The standard InChI is InChI=1S/C15H14Br2N2O/c1-10(11-5-3-2-4-6-11)19-7-8-20-14-12(16)9-13(17)18-15(14)19/h2-6,9-10H,7-8H2,1H3/t10-/m0/s1. The molecule has 20 heavy (non-hydrogen) atoms. The van der Waals surface area contributed by atoms with Crippen LogP contribution < -0.4 is 9.64 Å². The van der Waals surface area contributed by atoms with Crippen LogP contribution in [0.3, 0.4) is 0 Å². The van der Waals surface area contributed by atoms with Crippen LogP contribution in [0.25, 0.3) is 0 Å². The lowest BCUT2D eigenvalue weighted by Crippen LogP contribution is -2.35. The number of rotatable bonds is 2. The number of hydrogen-bond donors (Lipinski definition) is 0.